The molecule has 6 nitrogen and oxygen atoms in total. The zero-order valence-electron chi connectivity index (χ0n) is 12.9. The number of fused-ring (bicyclic) bond motifs is 1. The van der Waals surface area contributed by atoms with E-state index in [4.69, 9.17) is 9.47 Å². The van der Waals surface area contributed by atoms with Crippen LogP contribution in [0.15, 0.2) is 23.1 Å². The largest absolute Gasteiger partial charge is 0.490 e. The molecule has 0 aromatic heterocycles. The summed E-state index contributed by atoms with van der Waals surface area (Å²) in [5, 5.41) is 0. The van der Waals surface area contributed by atoms with E-state index in [0.29, 0.717) is 24.7 Å². The van der Waals surface area contributed by atoms with Crippen LogP contribution in [-0.2, 0) is 14.8 Å². The van der Waals surface area contributed by atoms with Gasteiger partial charge in [0.05, 0.1) is 18.1 Å². The molecule has 0 spiro atoms. The summed E-state index contributed by atoms with van der Waals surface area (Å²) in [5.41, 5.74) is 0. The van der Waals surface area contributed by atoms with E-state index in [9.17, 15) is 13.2 Å². The number of carbonyl (C=O) groups is 1. The maximum absolute atomic E-state index is 12.4. The fraction of sp³-hybridized carbons (Fsp3) is 0.562. The zero-order chi connectivity index (χ0) is 16.3. The smallest absolute Gasteiger partial charge is 0.264 e. The first-order chi connectivity index (χ1) is 11.1. The van der Waals surface area contributed by atoms with Gasteiger partial charge in [0.15, 0.2) is 11.5 Å². The van der Waals surface area contributed by atoms with Crippen LogP contribution < -0.4 is 14.2 Å². The van der Waals surface area contributed by atoms with Crippen molar-refractivity contribution >= 4 is 15.9 Å². The van der Waals surface area contributed by atoms with Gasteiger partial charge in [0.2, 0.25) is 5.91 Å². The van der Waals surface area contributed by atoms with Crippen molar-refractivity contribution in [2.75, 3.05) is 13.2 Å². The average molecular weight is 339 g/mol. The monoisotopic (exact) mass is 339 g/mol. The van der Waals surface area contributed by atoms with E-state index in [1.807, 2.05) is 0 Å². The van der Waals surface area contributed by atoms with Crippen LogP contribution in [0.2, 0.25) is 0 Å². The highest BCUT2D eigenvalue weighted by molar-refractivity contribution is 7.90. The second-order valence-corrected chi connectivity index (χ2v) is 7.65. The van der Waals surface area contributed by atoms with Gasteiger partial charge < -0.3 is 9.47 Å². The Labute approximate surface area is 136 Å². The topological polar surface area (TPSA) is 81.7 Å². The molecular weight excluding hydrogens is 318 g/mol. The van der Waals surface area contributed by atoms with Gasteiger partial charge in [-0.3, -0.25) is 4.79 Å². The lowest BCUT2D eigenvalue weighted by Gasteiger charge is -2.20. The molecule has 1 aromatic carbocycles. The van der Waals surface area contributed by atoms with Crippen LogP contribution in [0.5, 0.6) is 11.5 Å². The molecule has 1 aromatic rings. The standard InChI is InChI=1S/C16H21NO5S/c18-16(12-5-2-1-3-6-12)17-23(19,20)13-7-8-14-15(11-13)22-10-4-9-21-14/h7-8,11-12H,1-6,9-10H2,(H,17,18). The van der Waals surface area contributed by atoms with Crippen LogP contribution in [-0.4, -0.2) is 27.5 Å². The molecule has 0 bridgehead atoms. The Morgan fingerprint density at radius 1 is 1.00 bits per heavy atom. The van der Waals surface area contributed by atoms with E-state index in [2.05, 4.69) is 4.72 Å². The molecule has 3 rings (SSSR count). The molecule has 23 heavy (non-hydrogen) atoms. The van der Waals surface area contributed by atoms with E-state index in [-0.39, 0.29) is 10.8 Å². The average Bonchev–Trinajstić information content (AvgIpc) is 2.80. The van der Waals surface area contributed by atoms with Crippen LogP contribution in [0.3, 0.4) is 0 Å². The minimum Gasteiger partial charge on any atom is -0.490 e. The SMILES string of the molecule is O=C(NS(=O)(=O)c1ccc2c(c1)OCCCO2)C1CCCCC1. The van der Waals surface area contributed by atoms with E-state index >= 15 is 0 Å². The molecule has 1 amide bonds. The first-order valence-corrected chi connectivity index (χ1v) is 9.51. The van der Waals surface area contributed by atoms with Crippen molar-refractivity contribution in [3.63, 3.8) is 0 Å². The molecule has 1 N–H and O–H groups in total. The molecule has 1 fully saturated rings. The van der Waals surface area contributed by atoms with Gasteiger partial charge in [0.25, 0.3) is 10.0 Å². The van der Waals surface area contributed by atoms with Crippen LogP contribution in [0.4, 0.5) is 0 Å². The Kier molecular flexibility index (Phi) is 4.75. The molecule has 1 aliphatic carbocycles. The number of amides is 1. The Balaban J connectivity index is 1.76. The number of rotatable bonds is 3. The van der Waals surface area contributed by atoms with Crippen molar-refractivity contribution in [1.29, 1.82) is 0 Å². The van der Waals surface area contributed by atoms with E-state index in [1.165, 1.54) is 12.1 Å². The second-order valence-electron chi connectivity index (χ2n) is 5.96. The normalized spacial score (nSPS) is 19.0. The Morgan fingerprint density at radius 3 is 2.43 bits per heavy atom. The quantitative estimate of drug-likeness (QED) is 0.913. The molecule has 0 atom stereocenters. The lowest BCUT2D eigenvalue weighted by atomic mass is 9.89. The predicted molar refractivity (Wildman–Crippen MR) is 84.0 cm³/mol. The molecule has 0 radical (unpaired) electrons. The fourth-order valence-corrected chi connectivity index (χ4v) is 4.01. The second kappa shape index (κ2) is 6.78. The number of benzene rings is 1. The first-order valence-electron chi connectivity index (χ1n) is 8.02. The molecular formula is C16H21NO5S. The van der Waals surface area contributed by atoms with Gasteiger partial charge in [-0.2, -0.15) is 0 Å². The zero-order valence-corrected chi connectivity index (χ0v) is 13.7. The summed E-state index contributed by atoms with van der Waals surface area (Å²) in [5.74, 6) is 0.311. The Morgan fingerprint density at radius 2 is 1.70 bits per heavy atom. The van der Waals surface area contributed by atoms with E-state index in [0.717, 1.165) is 38.5 Å². The summed E-state index contributed by atoms with van der Waals surface area (Å²) >= 11 is 0. The van der Waals surface area contributed by atoms with Crippen molar-refractivity contribution in [1.82, 2.24) is 4.72 Å². The third kappa shape index (κ3) is 3.77. The van der Waals surface area contributed by atoms with Crippen LogP contribution in [0, 0.1) is 5.92 Å². The predicted octanol–water partition coefficient (Wildman–Crippen LogP) is 2.23. The van der Waals surface area contributed by atoms with Crippen molar-refractivity contribution < 1.29 is 22.7 Å². The highest BCUT2D eigenvalue weighted by Crippen LogP contribution is 2.32. The number of nitrogens with one attached hydrogen (secondary N) is 1. The van der Waals surface area contributed by atoms with Crippen molar-refractivity contribution in [3.05, 3.63) is 18.2 Å². The molecule has 126 valence electrons. The lowest BCUT2D eigenvalue weighted by molar-refractivity contribution is -0.124. The van der Waals surface area contributed by atoms with Gasteiger partial charge in [-0.1, -0.05) is 19.3 Å². The molecule has 1 heterocycles. The highest BCUT2D eigenvalue weighted by Gasteiger charge is 2.26. The summed E-state index contributed by atoms with van der Waals surface area (Å²) in [6, 6.07) is 4.42. The minimum absolute atomic E-state index is 0.0194. The van der Waals surface area contributed by atoms with Gasteiger partial charge in [0.1, 0.15) is 0 Å². The number of sulfonamides is 1. The number of hydrogen-bond donors (Lipinski definition) is 1. The Hall–Kier alpha value is -1.76. The molecule has 0 unspecified atom stereocenters. The van der Waals surface area contributed by atoms with Crippen LogP contribution >= 0.6 is 0 Å². The number of carbonyl (C=O) groups excluding carboxylic acids is 1. The van der Waals surface area contributed by atoms with E-state index < -0.39 is 15.9 Å². The lowest BCUT2D eigenvalue weighted by Crippen LogP contribution is -2.36. The van der Waals surface area contributed by atoms with Gasteiger partial charge in [-0.05, 0) is 25.0 Å². The van der Waals surface area contributed by atoms with Crippen molar-refractivity contribution in [2.45, 2.75) is 43.4 Å². The third-order valence-corrected chi connectivity index (χ3v) is 5.58. The summed E-state index contributed by atoms with van der Waals surface area (Å²) in [6.45, 7) is 1.02. The molecule has 0 saturated heterocycles. The van der Waals surface area contributed by atoms with E-state index in [1.54, 1.807) is 6.07 Å². The van der Waals surface area contributed by atoms with Crippen molar-refractivity contribution in [2.24, 2.45) is 5.92 Å². The highest BCUT2D eigenvalue weighted by atomic mass is 32.2. The Bertz CT molecular complexity index is 680. The maximum Gasteiger partial charge on any atom is 0.264 e. The maximum atomic E-state index is 12.4. The van der Waals surface area contributed by atoms with Gasteiger partial charge in [0, 0.05) is 18.4 Å². The summed E-state index contributed by atoms with van der Waals surface area (Å²) in [6.07, 6.45) is 5.31. The number of hydrogen-bond acceptors (Lipinski definition) is 5. The van der Waals surface area contributed by atoms with Crippen LogP contribution in [0.1, 0.15) is 38.5 Å². The molecule has 1 saturated carbocycles. The third-order valence-electron chi connectivity index (χ3n) is 4.24. The first kappa shape index (κ1) is 16.1. The summed E-state index contributed by atoms with van der Waals surface area (Å²) < 4.78 is 38.0. The summed E-state index contributed by atoms with van der Waals surface area (Å²) in [7, 11) is -3.89. The van der Waals surface area contributed by atoms with Gasteiger partial charge in [-0.15, -0.1) is 0 Å². The van der Waals surface area contributed by atoms with Crippen molar-refractivity contribution in [3.8, 4) is 11.5 Å². The molecule has 7 heteroatoms. The number of ether oxygens (including phenoxy) is 2. The van der Waals surface area contributed by atoms with Crippen LogP contribution in [0.25, 0.3) is 0 Å². The van der Waals surface area contributed by atoms with Gasteiger partial charge >= 0.3 is 0 Å². The minimum atomic E-state index is -3.89. The van der Waals surface area contributed by atoms with Gasteiger partial charge in [-0.25, -0.2) is 13.1 Å². The fourth-order valence-electron chi connectivity index (χ4n) is 2.95. The molecule has 2 aliphatic rings. The summed E-state index contributed by atoms with van der Waals surface area (Å²) in [4.78, 5) is 12.2. The molecule has 1 aliphatic heterocycles.